The van der Waals surface area contributed by atoms with Crippen molar-refractivity contribution in [2.24, 2.45) is 34.0 Å². The van der Waals surface area contributed by atoms with Crippen LogP contribution in [0.2, 0.25) is 0 Å². The van der Waals surface area contributed by atoms with E-state index < -0.39 is 23.4 Å². The topological polar surface area (TPSA) is 82.5 Å². The van der Waals surface area contributed by atoms with E-state index in [9.17, 15) is 15.3 Å². The second kappa shape index (κ2) is 4.02. The molecule has 3 saturated heterocycles. The third-order valence-electron chi connectivity index (χ3n) is 9.20. The van der Waals surface area contributed by atoms with Gasteiger partial charge in [0.25, 0.3) is 0 Å². The lowest BCUT2D eigenvalue weighted by atomic mass is 9.36. The van der Waals surface area contributed by atoms with Gasteiger partial charge in [0.1, 0.15) is 6.10 Å². The molecule has 3 N–H and O–H groups in total. The van der Waals surface area contributed by atoms with E-state index in [0.29, 0.717) is 13.0 Å². The molecule has 0 amide bonds. The van der Waals surface area contributed by atoms with Crippen molar-refractivity contribution in [2.45, 2.75) is 69.7 Å². The molecule has 3 heterocycles. The highest BCUT2D eigenvalue weighted by Gasteiger charge is 2.87. The van der Waals surface area contributed by atoms with Gasteiger partial charge < -0.3 is 24.8 Å². The van der Waals surface area contributed by atoms with Gasteiger partial charge in [-0.1, -0.05) is 26.8 Å². The average Bonchev–Trinajstić information content (AvgIpc) is 3.30. The van der Waals surface area contributed by atoms with Crippen molar-refractivity contribution in [3.05, 3.63) is 12.2 Å². The van der Waals surface area contributed by atoms with Crippen LogP contribution < -0.4 is 0 Å². The summed E-state index contributed by atoms with van der Waals surface area (Å²) >= 11 is 0. The van der Waals surface area contributed by atoms with Gasteiger partial charge in [-0.05, 0) is 30.3 Å². The van der Waals surface area contributed by atoms with Gasteiger partial charge in [0.15, 0.2) is 0 Å². The van der Waals surface area contributed by atoms with Gasteiger partial charge in [-0.3, -0.25) is 0 Å². The molecule has 7 aliphatic rings. The minimum absolute atomic E-state index is 0.0298. The molecule has 10 atom stereocenters. The number of aliphatic hydroxyl groups excluding tert-OH is 2. The predicted molar refractivity (Wildman–Crippen MR) is 88.3 cm³/mol. The van der Waals surface area contributed by atoms with E-state index >= 15 is 0 Å². The average molecular weight is 348 g/mol. The number of hydrogen-bond acceptors (Lipinski definition) is 5. The van der Waals surface area contributed by atoms with Crippen molar-refractivity contribution in [3.63, 3.8) is 0 Å². The van der Waals surface area contributed by atoms with Crippen LogP contribution in [-0.2, 0) is 9.47 Å². The van der Waals surface area contributed by atoms with Crippen LogP contribution in [-0.4, -0.2) is 52.1 Å². The molecule has 4 aliphatic carbocycles. The first kappa shape index (κ1) is 15.6. The molecule has 4 bridgehead atoms. The normalized spacial score (nSPS) is 66.0. The highest BCUT2D eigenvalue weighted by Crippen LogP contribution is 2.79. The van der Waals surface area contributed by atoms with Gasteiger partial charge >= 0.3 is 0 Å². The minimum Gasteiger partial charge on any atom is -0.388 e. The van der Waals surface area contributed by atoms with Crippen LogP contribution in [0.15, 0.2) is 12.2 Å². The predicted octanol–water partition coefficient (Wildman–Crippen LogP) is 1.21. The maximum atomic E-state index is 11.7. The fourth-order valence-electron chi connectivity index (χ4n) is 8.46. The summed E-state index contributed by atoms with van der Waals surface area (Å²) in [4.78, 5) is 0. The number of hydrogen-bond donors (Lipinski definition) is 3. The zero-order chi connectivity index (χ0) is 17.6. The maximum Gasteiger partial charge on any atom is 0.201 e. The van der Waals surface area contributed by atoms with Crippen LogP contribution in [0.5, 0.6) is 0 Å². The Hall–Kier alpha value is -0.460. The van der Waals surface area contributed by atoms with Gasteiger partial charge in [0, 0.05) is 23.2 Å². The molecule has 25 heavy (non-hydrogen) atoms. The van der Waals surface area contributed by atoms with Crippen LogP contribution in [0.1, 0.15) is 39.5 Å². The second-order valence-corrected chi connectivity index (χ2v) is 10.4. The molecule has 0 aromatic heterocycles. The highest BCUT2D eigenvalue weighted by molar-refractivity contribution is 5.39. The second-order valence-electron chi connectivity index (χ2n) is 10.4. The van der Waals surface area contributed by atoms with Crippen LogP contribution >= 0.6 is 0 Å². The third-order valence-corrected chi connectivity index (χ3v) is 9.20. The van der Waals surface area contributed by atoms with Crippen LogP contribution in [0.4, 0.5) is 0 Å². The number of fused-ring (bicyclic) bond motifs is 4. The molecule has 7 fully saturated rings. The smallest absolute Gasteiger partial charge is 0.201 e. The lowest BCUT2D eigenvalue weighted by Crippen LogP contribution is -2.82. The highest BCUT2D eigenvalue weighted by atomic mass is 16.6. The van der Waals surface area contributed by atoms with E-state index in [0.717, 1.165) is 24.8 Å². The Labute approximate surface area is 148 Å². The van der Waals surface area contributed by atoms with Crippen molar-refractivity contribution in [1.82, 2.24) is 0 Å². The lowest BCUT2D eigenvalue weighted by molar-refractivity contribution is -0.456. The van der Waals surface area contributed by atoms with Crippen LogP contribution in [0.25, 0.3) is 0 Å². The summed E-state index contributed by atoms with van der Waals surface area (Å²) < 4.78 is 12.2. The van der Waals surface area contributed by atoms with Crippen molar-refractivity contribution in [3.8, 4) is 0 Å². The summed E-state index contributed by atoms with van der Waals surface area (Å²) in [7, 11) is 0. The Balaban J connectivity index is 1.62. The summed E-state index contributed by atoms with van der Waals surface area (Å²) in [5.74, 6) is -1.65. The van der Waals surface area contributed by atoms with Gasteiger partial charge in [-0.25, -0.2) is 0 Å². The maximum absolute atomic E-state index is 11.7. The molecule has 7 rings (SSSR count). The SMILES string of the molecule is C=C1[C@H]2C[C@@]3([C@@H]1O)[C@@H]([C@@H]1O[C@@H]12)[C@@]12CCCC(C)(C)[C@H]1[C@H](O)[C@]3(O)OC2. The van der Waals surface area contributed by atoms with Gasteiger partial charge in [-0.2, -0.15) is 0 Å². The molecule has 4 saturated carbocycles. The monoisotopic (exact) mass is 348 g/mol. The molecule has 0 aromatic carbocycles. The molecule has 0 aromatic rings. The molecular weight excluding hydrogens is 320 g/mol. The summed E-state index contributed by atoms with van der Waals surface area (Å²) in [6, 6.07) is 0. The van der Waals surface area contributed by atoms with Crippen LogP contribution in [0, 0.1) is 34.0 Å². The first-order valence-corrected chi connectivity index (χ1v) is 9.77. The summed E-state index contributed by atoms with van der Waals surface area (Å²) in [6.45, 7) is 9.00. The first-order valence-electron chi connectivity index (χ1n) is 9.77. The van der Waals surface area contributed by atoms with Crippen molar-refractivity contribution < 1.29 is 24.8 Å². The summed E-state index contributed by atoms with van der Waals surface area (Å²) in [5, 5.41) is 34.3. The molecule has 2 spiro atoms. The lowest BCUT2D eigenvalue weighted by Gasteiger charge is -2.74. The van der Waals surface area contributed by atoms with Crippen LogP contribution in [0.3, 0.4) is 0 Å². The minimum atomic E-state index is -1.72. The molecule has 0 radical (unpaired) electrons. The standard InChI is InChI=1S/C20H28O5/c1-9-10-7-19(15(9)21)13(12-11(10)25-12)18-6-4-5-17(2,3)14(18)16(22)20(19,23)24-8-18/h10-16,21-23H,1,4-8H2,2-3H3/t10-,11-,12-,13+,14-,15-,16+,18+,19+,20+/m1/s1. The Bertz CT molecular complexity index is 690. The van der Waals surface area contributed by atoms with Gasteiger partial charge in [-0.15, -0.1) is 0 Å². The van der Waals surface area contributed by atoms with E-state index in [1.807, 2.05) is 0 Å². The zero-order valence-corrected chi connectivity index (χ0v) is 14.9. The van der Waals surface area contributed by atoms with E-state index in [-0.39, 0.29) is 40.8 Å². The molecule has 5 nitrogen and oxygen atoms in total. The first-order chi connectivity index (χ1) is 11.7. The number of epoxide rings is 1. The summed E-state index contributed by atoms with van der Waals surface area (Å²) in [5.41, 5.74) is -0.427. The molecule has 0 unspecified atom stereocenters. The third kappa shape index (κ3) is 1.33. The fourth-order valence-corrected chi connectivity index (χ4v) is 8.46. The number of rotatable bonds is 0. The van der Waals surface area contributed by atoms with Crippen molar-refractivity contribution in [1.29, 1.82) is 0 Å². The van der Waals surface area contributed by atoms with E-state index in [4.69, 9.17) is 9.47 Å². The van der Waals surface area contributed by atoms with Crippen molar-refractivity contribution in [2.75, 3.05) is 6.61 Å². The van der Waals surface area contributed by atoms with Gasteiger partial charge in [0.2, 0.25) is 5.79 Å². The number of aliphatic hydroxyl groups is 3. The zero-order valence-electron chi connectivity index (χ0n) is 14.9. The van der Waals surface area contributed by atoms with E-state index in [2.05, 4.69) is 20.4 Å². The largest absolute Gasteiger partial charge is 0.388 e. The molecular formula is C20H28O5. The van der Waals surface area contributed by atoms with E-state index in [1.165, 1.54) is 0 Å². The fraction of sp³-hybridized carbons (Fsp3) is 0.900. The summed E-state index contributed by atoms with van der Waals surface area (Å²) in [6.07, 6.45) is 2.08. The Morgan fingerprint density at radius 1 is 1.12 bits per heavy atom. The molecule has 138 valence electrons. The van der Waals surface area contributed by atoms with Crippen molar-refractivity contribution >= 4 is 0 Å². The Morgan fingerprint density at radius 3 is 2.64 bits per heavy atom. The Kier molecular flexibility index (Phi) is 2.51. The van der Waals surface area contributed by atoms with Gasteiger partial charge in [0.05, 0.1) is 30.3 Å². The number of ether oxygens (including phenoxy) is 2. The molecule has 5 heteroatoms. The molecule has 3 aliphatic heterocycles. The van der Waals surface area contributed by atoms with E-state index in [1.54, 1.807) is 0 Å². The quantitative estimate of drug-likeness (QED) is 0.453. The Morgan fingerprint density at radius 2 is 1.88 bits per heavy atom.